The summed E-state index contributed by atoms with van der Waals surface area (Å²) in [6.07, 6.45) is -0.578. The van der Waals surface area contributed by atoms with Crippen molar-refractivity contribution in [3.05, 3.63) is 47.5 Å². The van der Waals surface area contributed by atoms with Crippen LogP contribution in [0, 0.1) is 0 Å². The third kappa shape index (κ3) is 5.98. The topological polar surface area (TPSA) is 43.8 Å². The van der Waals surface area contributed by atoms with Gasteiger partial charge in [0.1, 0.15) is 0 Å². The van der Waals surface area contributed by atoms with E-state index in [1.54, 1.807) is 6.08 Å². The van der Waals surface area contributed by atoms with E-state index in [1.165, 1.54) is 12.1 Å². The predicted molar refractivity (Wildman–Crippen MR) is 84.6 cm³/mol. The second-order valence-corrected chi connectivity index (χ2v) is 5.87. The fourth-order valence-electron chi connectivity index (χ4n) is 2.72. The van der Waals surface area contributed by atoms with E-state index in [4.69, 9.17) is 5.11 Å². The summed E-state index contributed by atoms with van der Waals surface area (Å²) in [6.45, 7) is 4.59. The maximum atomic E-state index is 12.6. The quantitative estimate of drug-likeness (QED) is 0.836. The lowest BCUT2D eigenvalue weighted by Gasteiger charge is -2.21. The van der Waals surface area contributed by atoms with Crippen LogP contribution in [0.3, 0.4) is 0 Å². The molecule has 0 radical (unpaired) electrons. The van der Waals surface area contributed by atoms with Crippen LogP contribution >= 0.6 is 0 Å². The first-order chi connectivity index (χ1) is 11.3. The molecule has 0 amide bonds. The number of carboxylic acids is 1. The molecule has 1 saturated heterocycles. The first kappa shape index (κ1) is 18.5. The number of nitrogens with zero attached hydrogens (tertiary/aromatic N) is 2. The molecule has 1 aromatic rings. The van der Waals surface area contributed by atoms with Gasteiger partial charge in [-0.2, -0.15) is 13.2 Å². The fraction of sp³-hybridized carbons (Fsp3) is 0.471. The van der Waals surface area contributed by atoms with Gasteiger partial charge in [-0.3, -0.25) is 9.80 Å². The Bertz CT molecular complexity index is 570. The van der Waals surface area contributed by atoms with E-state index in [0.717, 1.165) is 56.4 Å². The SMILES string of the molecule is O=C(O)/C=C/CN1CCCN(Cc2ccc(C(F)(F)F)cc2)CC1. The zero-order chi connectivity index (χ0) is 17.6. The first-order valence-corrected chi connectivity index (χ1v) is 7.85. The van der Waals surface area contributed by atoms with Gasteiger partial charge in [-0.05, 0) is 37.2 Å². The predicted octanol–water partition coefficient (Wildman–Crippen LogP) is 2.85. The minimum Gasteiger partial charge on any atom is -0.478 e. The lowest BCUT2D eigenvalue weighted by atomic mass is 10.1. The lowest BCUT2D eigenvalue weighted by Crippen LogP contribution is -2.30. The summed E-state index contributed by atoms with van der Waals surface area (Å²) in [4.78, 5) is 14.9. The molecule has 1 fully saturated rings. The molecule has 0 spiro atoms. The maximum Gasteiger partial charge on any atom is 0.416 e. The Labute approximate surface area is 139 Å². The van der Waals surface area contributed by atoms with Crippen LogP contribution in [0.25, 0.3) is 0 Å². The summed E-state index contributed by atoms with van der Waals surface area (Å²) >= 11 is 0. The third-order valence-corrected chi connectivity index (χ3v) is 3.99. The number of carboxylic acid groups (broad SMARTS) is 1. The van der Waals surface area contributed by atoms with Crippen molar-refractivity contribution in [2.75, 3.05) is 32.7 Å². The van der Waals surface area contributed by atoms with Crippen molar-refractivity contribution in [3.63, 3.8) is 0 Å². The van der Waals surface area contributed by atoms with Gasteiger partial charge in [0, 0.05) is 32.3 Å². The molecule has 132 valence electrons. The monoisotopic (exact) mass is 342 g/mol. The van der Waals surface area contributed by atoms with Crippen LogP contribution in [-0.4, -0.2) is 53.6 Å². The molecule has 0 unspecified atom stereocenters. The summed E-state index contributed by atoms with van der Waals surface area (Å²) in [5, 5.41) is 8.59. The molecular weight excluding hydrogens is 321 g/mol. The normalized spacial score (nSPS) is 18.0. The van der Waals surface area contributed by atoms with Crippen molar-refractivity contribution in [2.45, 2.75) is 19.1 Å². The molecule has 1 N–H and O–H groups in total. The van der Waals surface area contributed by atoms with Gasteiger partial charge in [-0.15, -0.1) is 0 Å². The minimum absolute atomic E-state index is 0.598. The number of carbonyl (C=O) groups is 1. The minimum atomic E-state index is -4.30. The Kier molecular flexibility index (Phi) is 6.39. The van der Waals surface area contributed by atoms with Gasteiger partial charge in [-0.25, -0.2) is 4.79 Å². The van der Waals surface area contributed by atoms with Gasteiger partial charge in [0.15, 0.2) is 0 Å². The molecular formula is C17H21F3N2O2. The smallest absolute Gasteiger partial charge is 0.416 e. The molecule has 4 nitrogen and oxygen atoms in total. The molecule has 1 heterocycles. The van der Waals surface area contributed by atoms with Gasteiger partial charge in [0.25, 0.3) is 0 Å². The van der Waals surface area contributed by atoms with Crippen LogP contribution in [0.5, 0.6) is 0 Å². The highest BCUT2D eigenvalue weighted by Crippen LogP contribution is 2.29. The summed E-state index contributed by atoms with van der Waals surface area (Å²) in [7, 11) is 0. The molecule has 0 bridgehead atoms. The zero-order valence-corrected chi connectivity index (χ0v) is 13.3. The summed E-state index contributed by atoms with van der Waals surface area (Å²) in [5.74, 6) is -0.950. The second-order valence-electron chi connectivity index (χ2n) is 5.87. The summed E-state index contributed by atoms with van der Waals surface area (Å²) < 4.78 is 37.7. The van der Waals surface area contributed by atoms with Crippen LogP contribution in [0.4, 0.5) is 13.2 Å². The summed E-state index contributed by atoms with van der Waals surface area (Å²) in [6, 6.07) is 5.30. The molecule has 0 saturated carbocycles. The van der Waals surface area contributed by atoms with Gasteiger partial charge >= 0.3 is 12.1 Å². The Morgan fingerprint density at radius 1 is 1.08 bits per heavy atom. The van der Waals surface area contributed by atoms with Crippen LogP contribution in [0.2, 0.25) is 0 Å². The lowest BCUT2D eigenvalue weighted by molar-refractivity contribution is -0.137. The van der Waals surface area contributed by atoms with Gasteiger partial charge in [0.2, 0.25) is 0 Å². The average molecular weight is 342 g/mol. The van der Waals surface area contributed by atoms with E-state index in [1.807, 2.05) is 0 Å². The number of hydrogen-bond donors (Lipinski definition) is 1. The number of benzene rings is 1. The highest BCUT2D eigenvalue weighted by molar-refractivity contribution is 5.79. The highest BCUT2D eigenvalue weighted by atomic mass is 19.4. The van der Waals surface area contributed by atoms with E-state index in [0.29, 0.717) is 13.1 Å². The number of alkyl halides is 3. The van der Waals surface area contributed by atoms with Crippen LogP contribution < -0.4 is 0 Å². The standard InChI is InChI=1S/C17H21F3N2O2/c18-17(19,20)15-6-4-14(5-7-15)13-22-10-2-9-21(11-12-22)8-1-3-16(23)24/h1,3-7H,2,8-13H2,(H,23,24)/b3-1+. The van der Waals surface area contributed by atoms with Gasteiger partial charge in [0.05, 0.1) is 5.56 Å². The van der Waals surface area contributed by atoms with Crippen molar-refractivity contribution < 1.29 is 23.1 Å². The largest absolute Gasteiger partial charge is 0.478 e. The number of aliphatic carboxylic acids is 1. The Morgan fingerprint density at radius 3 is 2.33 bits per heavy atom. The molecule has 1 aliphatic heterocycles. The van der Waals surface area contributed by atoms with E-state index in [9.17, 15) is 18.0 Å². The summed E-state index contributed by atoms with van der Waals surface area (Å²) in [5.41, 5.74) is 0.237. The van der Waals surface area contributed by atoms with E-state index < -0.39 is 17.7 Å². The van der Waals surface area contributed by atoms with E-state index in [-0.39, 0.29) is 0 Å². The van der Waals surface area contributed by atoms with Crippen molar-refractivity contribution in [2.24, 2.45) is 0 Å². The van der Waals surface area contributed by atoms with Crippen LogP contribution in [0.15, 0.2) is 36.4 Å². The van der Waals surface area contributed by atoms with Crippen molar-refractivity contribution in [1.82, 2.24) is 9.80 Å². The Balaban J connectivity index is 1.85. The molecule has 1 aromatic carbocycles. The van der Waals surface area contributed by atoms with E-state index in [2.05, 4.69) is 9.80 Å². The second kappa shape index (κ2) is 8.30. The molecule has 2 rings (SSSR count). The maximum absolute atomic E-state index is 12.6. The molecule has 0 aliphatic carbocycles. The van der Waals surface area contributed by atoms with Crippen LogP contribution in [0.1, 0.15) is 17.5 Å². The Morgan fingerprint density at radius 2 is 1.71 bits per heavy atom. The van der Waals surface area contributed by atoms with Crippen molar-refractivity contribution >= 4 is 5.97 Å². The van der Waals surface area contributed by atoms with Gasteiger partial charge < -0.3 is 5.11 Å². The van der Waals surface area contributed by atoms with Crippen molar-refractivity contribution in [1.29, 1.82) is 0 Å². The van der Waals surface area contributed by atoms with Crippen molar-refractivity contribution in [3.8, 4) is 0 Å². The molecule has 0 atom stereocenters. The molecule has 1 aliphatic rings. The molecule has 7 heteroatoms. The number of halogens is 3. The van der Waals surface area contributed by atoms with E-state index >= 15 is 0 Å². The molecule has 0 aromatic heterocycles. The number of hydrogen-bond acceptors (Lipinski definition) is 3. The first-order valence-electron chi connectivity index (χ1n) is 7.85. The Hall–Kier alpha value is -1.86. The number of rotatable bonds is 5. The van der Waals surface area contributed by atoms with Crippen LogP contribution in [-0.2, 0) is 17.5 Å². The molecule has 24 heavy (non-hydrogen) atoms. The average Bonchev–Trinajstić information content (AvgIpc) is 2.72. The highest BCUT2D eigenvalue weighted by Gasteiger charge is 2.30. The fourth-order valence-corrected chi connectivity index (χ4v) is 2.72. The third-order valence-electron chi connectivity index (χ3n) is 3.99. The zero-order valence-electron chi connectivity index (χ0n) is 13.3. The van der Waals surface area contributed by atoms with Gasteiger partial charge in [-0.1, -0.05) is 18.2 Å².